The van der Waals surface area contributed by atoms with Crippen LogP contribution in [0.1, 0.15) is 16.7 Å². The summed E-state index contributed by atoms with van der Waals surface area (Å²) in [6.07, 6.45) is 4.84. The van der Waals surface area contributed by atoms with Crippen LogP contribution in [0.15, 0.2) is 61.2 Å². The zero-order chi connectivity index (χ0) is 20.5. The van der Waals surface area contributed by atoms with Crippen LogP contribution in [0.3, 0.4) is 0 Å². The normalized spacial score (nSPS) is 10.5. The van der Waals surface area contributed by atoms with Crippen LogP contribution >= 0.6 is 0 Å². The Morgan fingerprint density at radius 1 is 1.14 bits per heavy atom. The van der Waals surface area contributed by atoms with E-state index in [0.717, 1.165) is 28.1 Å². The molecule has 0 aliphatic carbocycles. The fourth-order valence-corrected chi connectivity index (χ4v) is 2.49. The highest BCUT2D eigenvalue weighted by molar-refractivity contribution is 5.98. The number of anilines is 1. The molecule has 28 heavy (non-hydrogen) atoms. The van der Waals surface area contributed by atoms with E-state index in [9.17, 15) is 9.59 Å². The molecule has 2 rings (SSSR count). The molecule has 0 unspecified atom stereocenters. The summed E-state index contributed by atoms with van der Waals surface area (Å²) in [7, 11) is 1.60. The van der Waals surface area contributed by atoms with E-state index in [0.29, 0.717) is 6.61 Å². The quantitative estimate of drug-likeness (QED) is 0.558. The van der Waals surface area contributed by atoms with E-state index in [1.807, 2.05) is 56.3 Å². The van der Waals surface area contributed by atoms with Crippen LogP contribution < -0.4 is 10.1 Å². The molecule has 0 aliphatic heterocycles. The van der Waals surface area contributed by atoms with Gasteiger partial charge < -0.3 is 15.0 Å². The predicted octanol–water partition coefficient (Wildman–Crippen LogP) is 3.98. The Bertz CT molecular complexity index is 870. The molecule has 146 valence electrons. The van der Waals surface area contributed by atoms with Crippen LogP contribution in [0.25, 0.3) is 6.08 Å². The molecule has 5 heteroatoms. The monoisotopic (exact) mass is 378 g/mol. The molecule has 0 atom stereocenters. The molecule has 2 aromatic rings. The number of carbonyl (C=O) groups excluding carboxylic acids is 2. The van der Waals surface area contributed by atoms with Gasteiger partial charge in [0.1, 0.15) is 12.4 Å². The first-order valence-corrected chi connectivity index (χ1v) is 9.03. The maximum Gasteiger partial charge on any atom is 0.246 e. The number of benzene rings is 2. The van der Waals surface area contributed by atoms with Crippen LogP contribution in [0, 0.1) is 13.8 Å². The van der Waals surface area contributed by atoms with Gasteiger partial charge in [-0.3, -0.25) is 9.59 Å². The van der Waals surface area contributed by atoms with Crippen molar-refractivity contribution in [2.45, 2.75) is 13.8 Å². The van der Waals surface area contributed by atoms with Gasteiger partial charge in [0.15, 0.2) is 0 Å². The number of hydrogen-bond donors (Lipinski definition) is 1. The number of aryl methyl sites for hydroxylation is 1. The third kappa shape index (κ3) is 6.13. The molecule has 2 amide bonds. The molecule has 0 heterocycles. The highest BCUT2D eigenvalue weighted by Crippen LogP contribution is 2.18. The lowest BCUT2D eigenvalue weighted by Crippen LogP contribution is -2.34. The summed E-state index contributed by atoms with van der Waals surface area (Å²) in [4.78, 5) is 25.9. The van der Waals surface area contributed by atoms with E-state index in [1.54, 1.807) is 19.2 Å². The lowest BCUT2D eigenvalue weighted by molar-refractivity contribution is -0.129. The third-order valence-electron chi connectivity index (χ3n) is 4.30. The van der Waals surface area contributed by atoms with Gasteiger partial charge in [0, 0.05) is 18.8 Å². The molecular formula is C23H26N2O3. The first kappa shape index (κ1) is 21.0. The van der Waals surface area contributed by atoms with Crippen molar-refractivity contribution in [2.75, 3.05) is 25.5 Å². The summed E-state index contributed by atoms with van der Waals surface area (Å²) in [6, 6.07) is 13.1. The maximum atomic E-state index is 12.3. The summed E-state index contributed by atoms with van der Waals surface area (Å²) in [5.41, 5.74) is 3.75. The zero-order valence-corrected chi connectivity index (χ0v) is 16.6. The van der Waals surface area contributed by atoms with E-state index in [4.69, 9.17) is 4.74 Å². The Labute approximate surface area is 166 Å². The number of ether oxygens (including phenoxy) is 1. The largest absolute Gasteiger partial charge is 0.490 e. The first-order chi connectivity index (χ1) is 13.4. The summed E-state index contributed by atoms with van der Waals surface area (Å²) in [5.74, 6) is 0.258. The molecule has 0 bridgehead atoms. The minimum Gasteiger partial charge on any atom is -0.490 e. The molecule has 0 radical (unpaired) electrons. The van der Waals surface area contributed by atoms with Gasteiger partial charge in [-0.05, 0) is 54.8 Å². The second-order valence-corrected chi connectivity index (χ2v) is 6.49. The number of carbonyl (C=O) groups is 2. The summed E-state index contributed by atoms with van der Waals surface area (Å²) < 4.78 is 5.42. The zero-order valence-electron chi connectivity index (χ0n) is 16.6. The van der Waals surface area contributed by atoms with Gasteiger partial charge in [-0.2, -0.15) is 0 Å². The fourth-order valence-electron chi connectivity index (χ4n) is 2.49. The Kier molecular flexibility index (Phi) is 7.57. The van der Waals surface area contributed by atoms with Crippen LogP contribution in [-0.4, -0.2) is 36.9 Å². The van der Waals surface area contributed by atoms with Crippen LogP contribution in [0.2, 0.25) is 0 Å². The lowest BCUT2D eigenvalue weighted by atomic mass is 10.1. The molecular weight excluding hydrogens is 352 g/mol. The second kappa shape index (κ2) is 10.1. The summed E-state index contributed by atoms with van der Waals surface area (Å²) in [6.45, 7) is 7.97. The van der Waals surface area contributed by atoms with E-state index >= 15 is 0 Å². The van der Waals surface area contributed by atoms with Gasteiger partial charge in [-0.15, -0.1) is 0 Å². The Balaban J connectivity index is 1.89. The minimum atomic E-state index is -0.247. The first-order valence-electron chi connectivity index (χ1n) is 9.03. The van der Waals surface area contributed by atoms with Crippen molar-refractivity contribution in [3.8, 4) is 5.75 Å². The van der Waals surface area contributed by atoms with E-state index in [2.05, 4.69) is 11.9 Å². The van der Waals surface area contributed by atoms with Crippen molar-refractivity contribution >= 4 is 23.6 Å². The summed E-state index contributed by atoms with van der Waals surface area (Å²) >= 11 is 0. The number of amides is 2. The second-order valence-electron chi connectivity index (χ2n) is 6.49. The van der Waals surface area contributed by atoms with Crippen molar-refractivity contribution in [1.29, 1.82) is 0 Å². The molecule has 1 N–H and O–H groups in total. The molecule has 2 aromatic carbocycles. The molecule has 0 saturated carbocycles. The van der Waals surface area contributed by atoms with Crippen molar-refractivity contribution in [1.82, 2.24) is 4.90 Å². The average molecular weight is 378 g/mol. The molecule has 0 aromatic heterocycles. The van der Waals surface area contributed by atoms with Crippen molar-refractivity contribution < 1.29 is 14.3 Å². The number of hydrogen-bond acceptors (Lipinski definition) is 3. The number of nitrogens with zero attached hydrogens (tertiary/aromatic N) is 1. The number of nitrogens with one attached hydrogen (secondary N) is 1. The topological polar surface area (TPSA) is 58.6 Å². The van der Waals surface area contributed by atoms with Gasteiger partial charge >= 0.3 is 0 Å². The Hall–Kier alpha value is -3.34. The highest BCUT2D eigenvalue weighted by atomic mass is 16.5. The Morgan fingerprint density at radius 3 is 2.54 bits per heavy atom. The number of rotatable bonds is 8. The van der Waals surface area contributed by atoms with E-state index in [-0.39, 0.29) is 18.4 Å². The third-order valence-corrected chi connectivity index (χ3v) is 4.30. The standard InChI is InChI=1S/C23H26N2O3/c1-5-15-28-20-12-9-19(10-13-20)11-14-23(27)25(4)16-22(26)24-21-8-6-7-17(2)18(21)3/h5-14H,1,15-16H2,2-4H3,(H,24,26)/b14-11+. The van der Waals surface area contributed by atoms with Crippen LogP contribution in [0.5, 0.6) is 5.75 Å². The van der Waals surface area contributed by atoms with Gasteiger partial charge in [-0.25, -0.2) is 0 Å². The van der Waals surface area contributed by atoms with Crippen LogP contribution in [-0.2, 0) is 9.59 Å². The molecule has 0 fully saturated rings. The molecule has 0 spiro atoms. The van der Waals surface area contributed by atoms with Crippen molar-refractivity contribution in [3.05, 3.63) is 77.9 Å². The van der Waals surface area contributed by atoms with E-state index < -0.39 is 0 Å². The minimum absolute atomic E-state index is 0.0229. The molecule has 0 aliphatic rings. The molecule has 5 nitrogen and oxygen atoms in total. The maximum absolute atomic E-state index is 12.3. The predicted molar refractivity (Wildman–Crippen MR) is 113 cm³/mol. The lowest BCUT2D eigenvalue weighted by Gasteiger charge is -2.16. The number of likely N-dealkylation sites (N-methyl/N-ethyl adjacent to an activating group) is 1. The van der Waals surface area contributed by atoms with Crippen molar-refractivity contribution in [3.63, 3.8) is 0 Å². The van der Waals surface area contributed by atoms with Gasteiger partial charge in [0.05, 0.1) is 6.54 Å². The van der Waals surface area contributed by atoms with Crippen molar-refractivity contribution in [2.24, 2.45) is 0 Å². The van der Waals surface area contributed by atoms with Gasteiger partial charge in [0.2, 0.25) is 11.8 Å². The SMILES string of the molecule is C=CCOc1ccc(/C=C/C(=O)N(C)CC(=O)Nc2cccc(C)c2C)cc1. The average Bonchev–Trinajstić information content (AvgIpc) is 2.68. The van der Waals surface area contributed by atoms with Gasteiger partial charge in [-0.1, -0.05) is 36.9 Å². The Morgan fingerprint density at radius 2 is 1.86 bits per heavy atom. The summed E-state index contributed by atoms with van der Waals surface area (Å²) in [5, 5.41) is 2.86. The fraction of sp³-hybridized carbons (Fsp3) is 0.217. The van der Waals surface area contributed by atoms with Gasteiger partial charge in [0.25, 0.3) is 0 Å². The molecule has 0 saturated heterocycles. The highest BCUT2D eigenvalue weighted by Gasteiger charge is 2.12. The smallest absolute Gasteiger partial charge is 0.246 e. The van der Waals surface area contributed by atoms with E-state index in [1.165, 1.54) is 11.0 Å². The van der Waals surface area contributed by atoms with Crippen LogP contribution in [0.4, 0.5) is 5.69 Å².